The molecule has 1 unspecified atom stereocenters. The van der Waals surface area contributed by atoms with Crippen molar-refractivity contribution in [3.8, 4) is 11.4 Å². The summed E-state index contributed by atoms with van der Waals surface area (Å²) in [6.45, 7) is 0.996. The number of likely N-dealkylation sites (tertiary alicyclic amines) is 1. The molecule has 0 radical (unpaired) electrons. The van der Waals surface area contributed by atoms with Gasteiger partial charge in [0.15, 0.2) is 0 Å². The maximum Gasteiger partial charge on any atom is 0.324 e. The summed E-state index contributed by atoms with van der Waals surface area (Å²) in [7, 11) is 0. The Morgan fingerprint density at radius 2 is 2.07 bits per heavy atom. The largest absolute Gasteiger partial charge is 0.337 e. The van der Waals surface area contributed by atoms with Crippen LogP contribution in [0.5, 0.6) is 0 Å². The summed E-state index contributed by atoms with van der Waals surface area (Å²) in [6.07, 6.45) is 1.50. The Morgan fingerprint density at radius 3 is 2.72 bits per heavy atom. The van der Waals surface area contributed by atoms with Gasteiger partial charge in [-0.05, 0) is 24.5 Å². The Labute approximate surface area is 176 Å². The van der Waals surface area contributed by atoms with Crippen LogP contribution in [0.25, 0.3) is 11.4 Å². The number of amides is 1. The Balaban J connectivity index is 0.00000240. The van der Waals surface area contributed by atoms with Crippen molar-refractivity contribution < 1.29 is 14.2 Å². The molecule has 2 N–H and O–H groups in total. The highest BCUT2D eigenvalue weighted by atomic mass is 35.5. The van der Waals surface area contributed by atoms with Gasteiger partial charge in [-0.1, -0.05) is 40.8 Å². The first-order chi connectivity index (χ1) is 13.6. The summed E-state index contributed by atoms with van der Waals surface area (Å²) in [4.78, 5) is 29.6. The van der Waals surface area contributed by atoms with E-state index in [4.69, 9.17) is 10.3 Å². The molecule has 0 aliphatic carbocycles. The first kappa shape index (κ1) is 20.9. The zero-order chi connectivity index (χ0) is 19.7. The number of halogens is 1. The zero-order valence-electron chi connectivity index (χ0n) is 15.2. The molecule has 1 amide bonds. The molecule has 0 saturated carbocycles. The standard InChI is InChI=1S/C18H17N5O4S.ClH/c19-10-11-3-5-12(6-4-11)16-20-17(27-21-16)13-2-1-9-22(13)18(24)14-7-8-15(28-14)23(25)26;/h3-8,13H,1-2,9-10,19H2;1H. The van der Waals surface area contributed by atoms with Gasteiger partial charge in [0.1, 0.15) is 6.04 Å². The van der Waals surface area contributed by atoms with Crippen molar-refractivity contribution in [3.63, 3.8) is 0 Å². The van der Waals surface area contributed by atoms with Crippen molar-refractivity contribution in [2.24, 2.45) is 5.73 Å². The van der Waals surface area contributed by atoms with Crippen LogP contribution in [0.3, 0.4) is 0 Å². The molecule has 11 heteroatoms. The van der Waals surface area contributed by atoms with E-state index < -0.39 is 4.92 Å². The fraction of sp³-hybridized carbons (Fsp3) is 0.278. The Morgan fingerprint density at radius 1 is 1.31 bits per heavy atom. The van der Waals surface area contributed by atoms with Crippen molar-refractivity contribution >= 4 is 34.7 Å². The number of carbonyl (C=O) groups excluding carboxylic acids is 1. The highest BCUT2D eigenvalue weighted by Crippen LogP contribution is 2.35. The Kier molecular flexibility index (Phi) is 6.26. The summed E-state index contributed by atoms with van der Waals surface area (Å²) in [6, 6.07) is 10.1. The van der Waals surface area contributed by atoms with Crippen LogP contribution in [0.4, 0.5) is 5.00 Å². The minimum Gasteiger partial charge on any atom is -0.337 e. The lowest BCUT2D eigenvalue weighted by molar-refractivity contribution is -0.380. The fourth-order valence-electron chi connectivity index (χ4n) is 3.23. The molecule has 0 bridgehead atoms. The quantitative estimate of drug-likeness (QED) is 0.479. The third-order valence-corrected chi connectivity index (χ3v) is 5.70. The summed E-state index contributed by atoms with van der Waals surface area (Å²) >= 11 is 0.872. The SMILES string of the molecule is Cl.NCc1ccc(-c2noc(C3CCCN3C(=O)c3ccc([N+](=O)[O-])s3)n2)cc1. The number of thiophene rings is 1. The number of nitrogens with zero attached hydrogens (tertiary/aromatic N) is 4. The van der Waals surface area contributed by atoms with Crippen LogP contribution >= 0.6 is 23.7 Å². The second-order valence-electron chi connectivity index (χ2n) is 6.41. The molecular formula is C18H18ClN5O4S. The average molecular weight is 436 g/mol. The normalized spacial score (nSPS) is 15.9. The Bertz CT molecular complexity index is 1020. The maximum atomic E-state index is 12.8. The van der Waals surface area contributed by atoms with Gasteiger partial charge in [0, 0.05) is 24.7 Å². The first-order valence-corrected chi connectivity index (χ1v) is 9.56. The third-order valence-electron chi connectivity index (χ3n) is 4.67. The molecule has 29 heavy (non-hydrogen) atoms. The van der Waals surface area contributed by atoms with Gasteiger partial charge in [0.05, 0.1) is 9.80 Å². The van der Waals surface area contributed by atoms with E-state index in [1.54, 1.807) is 4.90 Å². The average Bonchev–Trinajstić information content (AvgIpc) is 3.47. The van der Waals surface area contributed by atoms with Crippen LogP contribution in [0.15, 0.2) is 40.9 Å². The van der Waals surface area contributed by atoms with Crippen LogP contribution in [0, 0.1) is 10.1 Å². The minimum absolute atomic E-state index is 0. The van der Waals surface area contributed by atoms with Crippen molar-refractivity contribution in [1.82, 2.24) is 15.0 Å². The van der Waals surface area contributed by atoms with E-state index in [0.29, 0.717) is 36.1 Å². The van der Waals surface area contributed by atoms with Gasteiger partial charge in [-0.15, -0.1) is 12.4 Å². The van der Waals surface area contributed by atoms with Crippen LogP contribution in [0.1, 0.15) is 40.0 Å². The van der Waals surface area contributed by atoms with Gasteiger partial charge in [0.2, 0.25) is 11.7 Å². The van der Waals surface area contributed by atoms with Gasteiger partial charge in [-0.25, -0.2) is 0 Å². The van der Waals surface area contributed by atoms with Crippen molar-refractivity contribution in [2.75, 3.05) is 6.54 Å². The van der Waals surface area contributed by atoms with Gasteiger partial charge in [0.25, 0.3) is 5.91 Å². The van der Waals surface area contributed by atoms with Gasteiger partial charge >= 0.3 is 5.00 Å². The summed E-state index contributed by atoms with van der Waals surface area (Å²) < 4.78 is 5.43. The van der Waals surface area contributed by atoms with E-state index in [9.17, 15) is 14.9 Å². The van der Waals surface area contributed by atoms with E-state index in [1.165, 1.54) is 12.1 Å². The van der Waals surface area contributed by atoms with E-state index in [0.717, 1.165) is 28.9 Å². The topological polar surface area (TPSA) is 128 Å². The predicted molar refractivity (Wildman–Crippen MR) is 109 cm³/mol. The zero-order valence-corrected chi connectivity index (χ0v) is 16.8. The van der Waals surface area contributed by atoms with Gasteiger partial charge < -0.3 is 15.2 Å². The number of hydrogen-bond acceptors (Lipinski definition) is 8. The van der Waals surface area contributed by atoms with Crippen LogP contribution in [-0.4, -0.2) is 32.4 Å². The molecule has 4 rings (SSSR count). The highest BCUT2D eigenvalue weighted by Gasteiger charge is 2.35. The number of benzene rings is 1. The number of rotatable bonds is 5. The molecule has 1 aliphatic rings. The molecule has 1 fully saturated rings. The smallest absolute Gasteiger partial charge is 0.324 e. The first-order valence-electron chi connectivity index (χ1n) is 8.75. The number of nitrogens with two attached hydrogens (primary N) is 1. The molecule has 1 aromatic carbocycles. The van der Waals surface area contributed by atoms with E-state index in [1.807, 2.05) is 24.3 Å². The second-order valence-corrected chi connectivity index (χ2v) is 7.47. The van der Waals surface area contributed by atoms with E-state index in [-0.39, 0.29) is 29.4 Å². The van der Waals surface area contributed by atoms with Gasteiger partial charge in [-0.3, -0.25) is 14.9 Å². The lowest BCUT2D eigenvalue weighted by Crippen LogP contribution is -2.30. The molecule has 1 atom stereocenters. The molecule has 1 aliphatic heterocycles. The van der Waals surface area contributed by atoms with Crippen molar-refractivity contribution in [3.05, 3.63) is 62.8 Å². The number of nitro groups is 1. The third kappa shape index (κ3) is 4.14. The number of carbonyl (C=O) groups is 1. The molecule has 3 aromatic rings. The molecule has 152 valence electrons. The molecule has 3 heterocycles. The summed E-state index contributed by atoms with van der Waals surface area (Å²) in [5.41, 5.74) is 7.42. The van der Waals surface area contributed by atoms with Gasteiger partial charge in [-0.2, -0.15) is 4.98 Å². The van der Waals surface area contributed by atoms with E-state index in [2.05, 4.69) is 10.1 Å². The van der Waals surface area contributed by atoms with Crippen LogP contribution < -0.4 is 5.73 Å². The van der Waals surface area contributed by atoms with Crippen molar-refractivity contribution in [1.29, 1.82) is 0 Å². The summed E-state index contributed by atoms with van der Waals surface area (Å²) in [5.74, 6) is 0.562. The Hall–Kier alpha value is -2.82. The number of hydrogen-bond donors (Lipinski definition) is 1. The number of aromatic nitrogens is 2. The molecular weight excluding hydrogens is 418 g/mol. The lowest BCUT2D eigenvalue weighted by atomic mass is 10.1. The predicted octanol–water partition coefficient (Wildman–Crippen LogP) is 3.56. The molecule has 9 nitrogen and oxygen atoms in total. The highest BCUT2D eigenvalue weighted by molar-refractivity contribution is 7.17. The van der Waals surface area contributed by atoms with Crippen molar-refractivity contribution in [2.45, 2.75) is 25.4 Å². The molecule has 1 saturated heterocycles. The summed E-state index contributed by atoms with van der Waals surface area (Å²) in [5, 5.41) is 14.9. The molecule has 0 spiro atoms. The lowest BCUT2D eigenvalue weighted by Gasteiger charge is -2.20. The van der Waals surface area contributed by atoms with Crippen LogP contribution in [-0.2, 0) is 6.54 Å². The van der Waals surface area contributed by atoms with Crippen LogP contribution in [0.2, 0.25) is 0 Å². The second kappa shape index (κ2) is 8.68. The molecule has 2 aromatic heterocycles. The monoisotopic (exact) mass is 435 g/mol. The van der Waals surface area contributed by atoms with E-state index >= 15 is 0 Å². The fourth-order valence-corrected chi connectivity index (χ4v) is 4.00. The minimum atomic E-state index is -0.497. The maximum absolute atomic E-state index is 12.8.